The Labute approximate surface area is 173 Å². The largest absolute Gasteiger partial charge is 0.388 e. The van der Waals surface area contributed by atoms with Crippen LogP contribution in [0.2, 0.25) is 0 Å². The zero-order valence-corrected chi connectivity index (χ0v) is 17.8. The molecule has 4 rings (SSSR count). The van der Waals surface area contributed by atoms with Gasteiger partial charge < -0.3 is 15.6 Å². The Balaban J connectivity index is 1.75. The highest BCUT2D eigenvalue weighted by atomic mass is 15.1. The molecule has 0 aliphatic heterocycles. The number of fused-ring (bicyclic) bond motifs is 3. The van der Waals surface area contributed by atoms with Gasteiger partial charge in [0.15, 0.2) is 5.82 Å². The molecule has 0 fully saturated rings. The standard InChI is InChI=1S/C24H33N5/c1-3-4-10-21-28-22-23(19-8-6-5-7-9-20(19)27-24(22)25)29(21)16-15-17-11-13-18(26-2)14-12-17/h11-14,26H,3-10,15-16H2,1-2H3,(H2,25,27). The van der Waals surface area contributed by atoms with Gasteiger partial charge in [-0.2, -0.15) is 0 Å². The summed E-state index contributed by atoms with van der Waals surface area (Å²) in [6.45, 7) is 3.17. The van der Waals surface area contributed by atoms with E-state index < -0.39 is 0 Å². The molecule has 5 nitrogen and oxygen atoms in total. The summed E-state index contributed by atoms with van der Waals surface area (Å²) >= 11 is 0. The molecule has 5 heteroatoms. The molecule has 0 unspecified atom stereocenters. The Hall–Kier alpha value is -2.56. The van der Waals surface area contributed by atoms with Crippen LogP contribution < -0.4 is 11.1 Å². The van der Waals surface area contributed by atoms with Crippen LogP contribution in [0.3, 0.4) is 0 Å². The molecule has 2 heterocycles. The van der Waals surface area contributed by atoms with Crippen LogP contribution in [0.25, 0.3) is 11.0 Å². The summed E-state index contributed by atoms with van der Waals surface area (Å²) in [5.41, 5.74) is 13.7. The van der Waals surface area contributed by atoms with Crippen LogP contribution in [0.15, 0.2) is 24.3 Å². The highest BCUT2D eigenvalue weighted by Gasteiger charge is 2.21. The van der Waals surface area contributed by atoms with Gasteiger partial charge in [-0.1, -0.05) is 31.9 Å². The van der Waals surface area contributed by atoms with Gasteiger partial charge in [0.25, 0.3) is 0 Å². The molecule has 2 aromatic heterocycles. The number of hydrogen-bond donors (Lipinski definition) is 2. The maximum Gasteiger partial charge on any atom is 0.151 e. The summed E-state index contributed by atoms with van der Waals surface area (Å²) in [6, 6.07) is 8.72. The first-order valence-corrected chi connectivity index (χ1v) is 11.1. The predicted octanol–water partition coefficient (Wildman–Crippen LogP) is 4.91. The van der Waals surface area contributed by atoms with Crippen molar-refractivity contribution >= 4 is 22.5 Å². The smallest absolute Gasteiger partial charge is 0.151 e. The van der Waals surface area contributed by atoms with Gasteiger partial charge in [0.1, 0.15) is 11.3 Å². The van der Waals surface area contributed by atoms with Crippen LogP contribution in [0, 0.1) is 0 Å². The van der Waals surface area contributed by atoms with Crippen LogP contribution in [-0.2, 0) is 32.2 Å². The zero-order chi connectivity index (χ0) is 20.2. The van der Waals surface area contributed by atoms with E-state index in [1.807, 2.05) is 7.05 Å². The van der Waals surface area contributed by atoms with E-state index >= 15 is 0 Å². The first-order valence-electron chi connectivity index (χ1n) is 11.1. The number of aryl methyl sites for hydroxylation is 5. The molecule has 0 bridgehead atoms. The second-order valence-corrected chi connectivity index (χ2v) is 8.16. The number of nitrogens with zero attached hydrogens (tertiary/aromatic N) is 3. The van der Waals surface area contributed by atoms with Crippen LogP contribution in [0.5, 0.6) is 0 Å². The van der Waals surface area contributed by atoms with Gasteiger partial charge in [-0.3, -0.25) is 0 Å². The zero-order valence-electron chi connectivity index (χ0n) is 17.8. The number of hydrogen-bond acceptors (Lipinski definition) is 4. The summed E-state index contributed by atoms with van der Waals surface area (Å²) in [4.78, 5) is 9.76. The minimum Gasteiger partial charge on any atom is -0.388 e. The van der Waals surface area contributed by atoms with Crippen molar-refractivity contribution in [2.75, 3.05) is 18.1 Å². The number of aromatic nitrogens is 3. The van der Waals surface area contributed by atoms with E-state index in [4.69, 9.17) is 15.7 Å². The average Bonchev–Trinajstić information content (AvgIpc) is 2.95. The van der Waals surface area contributed by atoms with Gasteiger partial charge in [0.2, 0.25) is 0 Å². The molecule has 3 aromatic rings. The van der Waals surface area contributed by atoms with Gasteiger partial charge in [-0.05, 0) is 61.8 Å². The summed E-state index contributed by atoms with van der Waals surface area (Å²) in [7, 11) is 1.96. The Morgan fingerprint density at radius 2 is 1.83 bits per heavy atom. The fourth-order valence-corrected chi connectivity index (χ4v) is 4.47. The number of nitrogens with one attached hydrogen (secondary N) is 1. The van der Waals surface area contributed by atoms with Crippen molar-refractivity contribution in [1.82, 2.24) is 14.5 Å². The molecule has 154 valence electrons. The molecule has 3 N–H and O–H groups in total. The van der Waals surface area contributed by atoms with Gasteiger partial charge in [-0.25, -0.2) is 9.97 Å². The SMILES string of the molecule is CCCCc1nc2c(N)nc3c(c2n1CCc1ccc(NC)cc1)CCCCC3. The van der Waals surface area contributed by atoms with E-state index in [2.05, 4.69) is 41.1 Å². The third-order valence-corrected chi connectivity index (χ3v) is 6.14. The molecule has 29 heavy (non-hydrogen) atoms. The molecule has 0 radical (unpaired) electrons. The number of imidazole rings is 1. The number of unbranched alkanes of at least 4 members (excludes halogenated alkanes) is 1. The number of nitrogen functional groups attached to an aromatic ring is 1. The Morgan fingerprint density at radius 3 is 2.59 bits per heavy atom. The Bertz CT molecular complexity index is 971. The molecular weight excluding hydrogens is 358 g/mol. The van der Waals surface area contributed by atoms with Crippen molar-refractivity contribution in [2.45, 2.75) is 71.3 Å². The lowest BCUT2D eigenvalue weighted by Crippen LogP contribution is -2.09. The highest BCUT2D eigenvalue weighted by Crippen LogP contribution is 2.31. The van der Waals surface area contributed by atoms with E-state index in [0.29, 0.717) is 5.82 Å². The summed E-state index contributed by atoms with van der Waals surface area (Å²) in [5.74, 6) is 1.77. The lowest BCUT2D eigenvalue weighted by Gasteiger charge is -2.14. The van der Waals surface area contributed by atoms with E-state index in [1.165, 1.54) is 53.8 Å². The Morgan fingerprint density at radius 1 is 1.03 bits per heavy atom. The Kier molecular flexibility index (Phi) is 6.02. The topological polar surface area (TPSA) is 68.8 Å². The van der Waals surface area contributed by atoms with Crippen molar-refractivity contribution in [3.63, 3.8) is 0 Å². The number of anilines is 2. The summed E-state index contributed by atoms with van der Waals surface area (Å²) < 4.78 is 2.46. The minimum absolute atomic E-state index is 0.607. The maximum absolute atomic E-state index is 6.39. The summed E-state index contributed by atoms with van der Waals surface area (Å²) in [5, 5.41) is 3.19. The number of rotatable bonds is 7. The molecule has 1 aliphatic rings. The molecule has 0 amide bonds. The number of pyridine rings is 1. The van der Waals surface area contributed by atoms with E-state index in [9.17, 15) is 0 Å². The predicted molar refractivity (Wildman–Crippen MR) is 122 cm³/mol. The molecule has 0 saturated carbocycles. The van der Waals surface area contributed by atoms with Crippen molar-refractivity contribution in [2.24, 2.45) is 0 Å². The molecule has 0 atom stereocenters. The van der Waals surface area contributed by atoms with Gasteiger partial charge >= 0.3 is 0 Å². The quantitative estimate of drug-likeness (QED) is 0.562. The first kappa shape index (κ1) is 19.7. The third-order valence-electron chi connectivity index (χ3n) is 6.14. The fraction of sp³-hybridized carbons (Fsp3) is 0.500. The molecule has 1 aliphatic carbocycles. The normalized spacial score (nSPS) is 14.0. The van der Waals surface area contributed by atoms with Crippen LogP contribution in [-0.4, -0.2) is 21.6 Å². The van der Waals surface area contributed by atoms with E-state index in [-0.39, 0.29) is 0 Å². The van der Waals surface area contributed by atoms with Crippen LogP contribution in [0.1, 0.15) is 61.7 Å². The van der Waals surface area contributed by atoms with Crippen molar-refractivity contribution in [3.05, 3.63) is 46.9 Å². The summed E-state index contributed by atoms with van der Waals surface area (Å²) in [6.07, 6.45) is 10.1. The van der Waals surface area contributed by atoms with E-state index in [1.54, 1.807) is 0 Å². The molecule has 0 saturated heterocycles. The maximum atomic E-state index is 6.39. The average molecular weight is 392 g/mol. The third kappa shape index (κ3) is 4.09. The first-order chi connectivity index (χ1) is 14.2. The van der Waals surface area contributed by atoms with E-state index in [0.717, 1.165) is 49.9 Å². The lowest BCUT2D eigenvalue weighted by atomic mass is 10.1. The molecular formula is C24H33N5. The van der Waals surface area contributed by atoms with Crippen LogP contribution in [0.4, 0.5) is 11.5 Å². The van der Waals surface area contributed by atoms with Gasteiger partial charge in [0, 0.05) is 31.4 Å². The second kappa shape index (κ2) is 8.85. The van der Waals surface area contributed by atoms with Crippen molar-refractivity contribution in [3.8, 4) is 0 Å². The fourth-order valence-electron chi connectivity index (χ4n) is 4.47. The molecule has 1 aromatic carbocycles. The molecule has 0 spiro atoms. The number of nitrogens with two attached hydrogens (primary N) is 1. The van der Waals surface area contributed by atoms with Crippen LogP contribution >= 0.6 is 0 Å². The van der Waals surface area contributed by atoms with Crippen molar-refractivity contribution in [1.29, 1.82) is 0 Å². The van der Waals surface area contributed by atoms with Gasteiger partial charge in [-0.15, -0.1) is 0 Å². The second-order valence-electron chi connectivity index (χ2n) is 8.16. The number of benzene rings is 1. The van der Waals surface area contributed by atoms with Gasteiger partial charge in [0.05, 0.1) is 5.52 Å². The monoisotopic (exact) mass is 391 g/mol. The minimum atomic E-state index is 0.607. The lowest BCUT2D eigenvalue weighted by molar-refractivity contribution is 0.641. The van der Waals surface area contributed by atoms with Crippen molar-refractivity contribution < 1.29 is 0 Å². The highest BCUT2D eigenvalue weighted by molar-refractivity contribution is 5.89.